The fourth-order valence-corrected chi connectivity index (χ4v) is 4.21. The van der Waals surface area contributed by atoms with Crippen LogP contribution in [0.4, 0.5) is 0 Å². The molecular formula is C17H12N4OS2. The first-order valence-electron chi connectivity index (χ1n) is 7.24. The van der Waals surface area contributed by atoms with Crippen molar-refractivity contribution in [1.82, 2.24) is 19.5 Å². The van der Waals surface area contributed by atoms with Gasteiger partial charge in [-0.25, -0.2) is 15.0 Å². The Morgan fingerprint density at radius 2 is 2.08 bits per heavy atom. The number of thiophene rings is 1. The van der Waals surface area contributed by atoms with E-state index in [1.807, 2.05) is 29.6 Å². The van der Waals surface area contributed by atoms with Gasteiger partial charge in [0.05, 0.1) is 10.9 Å². The molecule has 3 heterocycles. The molecule has 0 aliphatic rings. The van der Waals surface area contributed by atoms with Crippen LogP contribution in [-0.2, 0) is 6.54 Å². The van der Waals surface area contributed by atoms with Crippen molar-refractivity contribution in [3.05, 3.63) is 65.0 Å². The summed E-state index contributed by atoms with van der Waals surface area (Å²) in [7, 11) is 0. The van der Waals surface area contributed by atoms with Gasteiger partial charge >= 0.3 is 0 Å². The third-order valence-corrected chi connectivity index (χ3v) is 5.39. The highest BCUT2D eigenvalue weighted by Crippen LogP contribution is 2.32. The number of aromatic nitrogens is 4. The summed E-state index contributed by atoms with van der Waals surface area (Å²) in [6.07, 6.45) is 3.24. The lowest BCUT2D eigenvalue weighted by atomic mass is 10.2. The number of allylic oxidation sites excluding steroid dienone is 1. The monoisotopic (exact) mass is 352 g/mol. The molecule has 0 radical (unpaired) electrons. The van der Waals surface area contributed by atoms with E-state index in [1.54, 1.807) is 28.0 Å². The molecule has 24 heavy (non-hydrogen) atoms. The first-order chi connectivity index (χ1) is 11.8. The lowest BCUT2D eigenvalue weighted by Gasteiger charge is -2.11. The van der Waals surface area contributed by atoms with Gasteiger partial charge in [0.1, 0.15) is 16.2 Å². The van der Waals surface area contributed by atoms with E-state index in [1.165, 1.54) is 18.1 Å². The highest BCUT2D eigenvalue weighted by Gasteiger charge is 2.14. The molecule has 0 saturated carbocycles. The van der Waals surface area contributed by atoms with Gasteiger partial charge in [-0.1, -0.05) is 18.2 Å². The fraction of sp³-hybridized carbons (Fsp3) is 0.0588. The van der Waals surface area contributed by atoms with Gasteiger partial charge in [-0.15, -0.1) is 17.9 Å². The van der Waals surface area contributed by atoms with Crippen LogP contribution in [-0.4, -0.2) is 19.5 Å². The van der Waals surface area contributed by atoms with E-state index >= 15 is 0 Å². The third-order valence-electron chi connectivity index (χ3n) is 3.55. The maximum absolute atomic E-state index is 12.8. The smallest absolute Gasteiger partial charge is 0.262 e. The summed E-state index contributed by atoms with van der Waals surface area (Å²) in [5.74, 6) is 0. The zero-order valence-corrected chi connectivity index (χ0v) is 14.2. The Labute approximate surface area is 145 Å². The molecule has 5 nitrogen and oxygen atoms in total. The predicted octanol–water partition coefficient (Wildman–Crippen LogP) is 3.74. The van der Waals surface area contributed by atoms with Crippen LogP contribution in [0.25, 0.3) is 21.1 Å². The predicted molar refractivity (Wildman–Crippen MR) is 97.7 cm³/mol. The molecule has 1 aromatic carbocycles. The summed E-state index contributed by atoms with van der Waals surface area (Å²) >= 11 is 2.94. The number of fused-ring (bicyclic) bond motifs is 2. The minimum atomic E-state index is -0.0707. The van der Waals surface area contributed by atoms with Gasteiger partial charge in [0.25, 0.3) is 5.56 Å². The summed E-state index contributed by atoms with van der Waals surface area (Å²) in [5, 5.41) is 4.95. The second-order valence-electron chi connectivity index (χ2n) is 5.04. The van der Waals surface area contributed by atoms with Crippen molar-refractivity contribution in [2.45, 2.75) is 16.7 Å². The van der Waals surface area contributed by atoms with E-state index in [0.29, 0.717) is 22.6 Å². The number of rotatable bonds is 4. The van der Waals surface area contributed by atoms with Crippen LogP contribution in [0.15, 0.2) is 69.7 Å². The van der Waals surface area contributed by atoms with Crippen molar-refractivity contribution in [3.8, 4) is 0 Å². The minimum absolute atomic E-state index is 0.0707. The first-order valence-corrected chi connectivity index (χ1v) is 8.94. The van der Waals surface area contributed by atoms with Crippen molar-refractivity contribution in [2.24, 2.45) is 0 Å². The molecule has 118 valence electrons. The molecular weight excluding hydrogens is 340 g/mol. The zero-order chi connectivity index (χ0) is 16.5. The van der Waals surface area contributed by atoms with Crippen LogP contribution >= 0.6 is 23.1 Å². The molecule has 0 fully saturated rings. The Morgan fingerprint density at radius 3 is 2.96 bits per heavy atom. The zero-order valence-electron chi connectivity index (χ0n) is 12.5. The van der Waals surface area contributed by atoms with E-state index in [4.69, 9.17) is 0 Å². The minimum Gasteiger partial charge on any atom is -0.283 e. The quantitative estimate of drug-likeness (QED) is 0.318. The summed E-state index contributed by atoms with van der Waals surface area (Å²) < 4.78 is 1.63. The van der Waals surface area contributed by atoms with Crippen molar-refractivity contribution in [3.63, 3.8) is 0 Å². The van der Waals surface area contributed by atoms with E-state index in [9.17, 15) is 4.79 Å². The molecule has 4 aromatic rings. The van der Waals surface area contributed by atoms with Gasteiger partial charge < -0.3 is 0 Å². The Kier molecular flexibility index (Phi) is 3.87. The highest BCUT2D eigenvalue weighted by molar-refractivity contribution is 7.99. The normalized spacial score (nSPS) is 11.2. The Bertz CT molecular complexity index is 1120. The van der Waals surface area contributed by atoms with Gasteiger partial charge in [-0.3, -0.25) is 9.36 Å². The Balaban J connectivity index is 1.92. The van der Waals surface area contributed by atoms with E-state index in [2.05, 4.69) is 21.5 Å². The number of hydrogen-bond acceptors (Lipinski definition) is 6. The highest BCUT2D eigenvalue weighted by atomic mass is 32.2. The molecule has 0 spiro atoms. The van der Waals surface area contributed by atoms with Crippen LogP contribution in [0.1, 0.15) is 0 Å². The molecule has 0 aliphatic carbocycles. The SMILES string of the molecule is C=CCn1c(Sc2ncnc3sccc23)nc2ccccc2c1=O. The van der Waals surface area contributed by atoms with E-state index in [-0.39, 0.29) is 5.56 Å². The van der Waals surface area contributed by atoms with E-state index in [0.717, 1.165) is 15.2 Å². The lowest BCUT2D eigenvalue weighted by Crippen LogP contribution is -2.22. The molecule has 7 heteroatoms. The number of hydrogen-bond donors (Lipinski definition) is 0. The third kappa shape index (κ3) is 2.51. The van der Waals surface area contributed by atoms with Crippen LogP contribution in [0.3, 0.4) is 0 Å². The van der Waals surface area contributed by atoms with Gasteiger partial charge in [0.15, 0.2) is 5.16 Å². The van der Waals surface area contributed by atoms with E-state index < -0.39 is 0 Å². The van der Waals surface area contributed by atoms with Crippen LogP contribution in [0, 0.1) is 0 Å². The number of nitrogens with zero attached hydrogens (tertiary/aromatic N) is 4. The van der Waals surface area contributed by atoms with Crippen molar-refractivity contribution in [1.29, 1.82) is 0 Å². The molecule has 0 atom stereocenters. The molecule has 0 unspecified atom stereocenters. The maximum atomic E-state index is 12.8. The average Bonchev–Trinajstić information content (AvgIpc) is 3.08. The summed E-state index contributed by atoms with van der Waals surface area (Å²) in [6, 6.07) is 9.34. The van der Waals surface area contributed by atoms with Gasteiger partial charge in [0.2, 0.25) is 0 Å². The molecule has 0 saturated heterocycles. The van der Waals surface area contributed by atoms with Gasteiger partial charge in [-0.2, -0.15) is 0 Å². The number of benzene rings is 1. The lowest BCUT2D eigenvalue weighted by molar-refractivity contribution is 0.671. The van der Waals surface area contributed by atoms with Crippen LogP contribution in [0.5, 0.6) is 0 Å². The first kappa shape index (κ1) is 15.0. The van der Waals surface area contributed by atoms with Crippen molar-refractivity contribution < 1.29 is 0 Å². The van der Waals surface area contributed by atoms with Crippen molar-refractivity contribution >= 4 is 44.2 Å². The number of para-hydroxylation sites is 1. The maximum Gasteiger partial charge on any atom is 0.262 e. The summed E-state index contributed by atoms with van der Waals surface area (Å²) in [5.41, 5.74) is 0.611. The molecule has 0 N–H and O–H groups in total. The Morgan fingerprint density at radius 1 is 1.21 bits per heavy atom. The van der Waals surface area contributed by atoms with Crippen LogP contribution < -0.4 is 5.56 Å². The summed E-state index contributed by atoms with van der Waals surface area (Å²) in [4.78, 5) is 27.0. The molecule has 4 rings (SSSR count). The summed E-state index contributed by atoms with van der Waals surface area (Å²) in [6.45, 7) is 4.15. The second kappa shape index (κ2) is 6.18. The fourth-order valence-electron chi connectivity index (χ4n) is 2.45. The Hall–Kier alpha value is -2.51. The largest absolute Gasteiger partial charge is 0.283 e. The van der Waals surface area contributed by atoms with Crippen LogP contribution in [0.2, 0.25) is 0 Å². The average molecular weight is 352 g/mol. The standard InChI is InChI=1S/C17H12N4OS2/c1-2-8-21-16(22)11-5-3-4-6-13(11)20-17(21)24-15-12-7-9-23-14(12)18-10-19-15/h2-7,9-10H,1,8H2. The molecule has 0 amide bonds. The van der Waals surface area contributed by atoms with Gasteiger partial charge in [0, 0.05) is 11.9 Å². The second-order valence-corrected chi connectivity index (χ2v) is 6.89. The molecule has 3 aromatic heterocycles. The molecule has 0 aliphatic heterocycles. The van der Waals surface area contributed by atoms with Crippen molar-refractivity contribution in [2.75, 3.05) is 0 Å². The van der Waals surface area contributed by atoms with Gasteiger partial charge in [-0.05, 0) is 35.3 Å². The molecule has 0 bridgehead atoms. The topological polar surface area (TPSA) is 60.7 Å².